The van der Waals surface area contributed by atoms with Crippen molar-refractivity contribution in [2.24, 2.45) is 5.73 Å². The van der Waals surface area contributed by atoms with Gasteiger partial charge in [-0.3, -0.25) is 0 Å². The van der Waals surface area contributed by atoms with Crippen LogP contribution < -0.4 is 10.5 Å². The first kappa shape index (κ1) is 13.5. The van der Waals surface area contributed by atoms with Crippen LogP contribution in [-0.2, 0) is 4.74 Å². The van der Waals surface area contributed by atoms with E-state index in [1.165, 1.54) is 0 Å². The smallest absolute Gasteiger partial charge is 0.124 e. The third kappa shape index (κ3) is 4.12. The molecule has 0 saturated carbocycles. The maximum absolute atomic E-state index is 5.89. The predicted molar refractivity (Wildman–Crippen MR) is 68.7 cm³/mol. The van der Waals surface area contributed by atoms with Gasteiger partial charge in [-0.25, -0.2) is 0 Å². The molecule has 1 rings (SSSR count). The van der Waals surface area contributed by atoms with Crippen LogP contribution in [-0.4, -0.2) is 20.3 Å². The summed E-state index contributed by atoms with van der Waals surface area (Å²) >= 11 is 3.43. The Kier molecular flexibility index (Phi) is 5.80. The van der Waals surface area contributed by atoms with E-state index in [1.807, 2.05) is 25.1 Å². The third-order valence-electron chi connectivity index (χ3n) is 2.21. The number of benzene rings is 1. The maximum Gasteiger partial charge on any atom is 0.124 e. The van der Waals surface area contributed by atoms with Crippen molar-refractivity contribution in [1.29, 1.82) is 0 Å². The van der Waals surface area contributed by atoms with Crippen molar-refractivity contribution in [3.05, 3.63) is 28.2 Å². The summed E-state index contributed by atoms with van der Waals surface area (Å²) in [4.78, 5) is 0. The summed E-state index contributed by atoms with van der Waals surface area (Å²) < 4.78 is 11.7. The molecule has 0 aromatic heterocycles. The Morgan fingerprint density at radius 2 is 2.12 bits per heavy atom. The Morgan fingerprint density at radius 1 is 1.38 bits per heavy atom. The summed E-state index contributed by atoms with van der Waals surface area (Å²) in [5, 5.41) is 0. The molecule has 0 aliphatic rings. The predicted octanol–water partition coefficient (Wildman–Crippen LogP) is 2.88. The fourth-order valence-corrected chi connectivity index (χ4v) is 1.77. The lowest BCUT2D eigenvalue weighted by Gasteiger charge is -2.14. The second-order valence-corrected chi connectivity index (χ2v) is 4.58. The van der Waals surface area contributed by atoms with Crippen LogP contribution >= 0.6 is 15.9 Å². The Hall–Kier alpha value is -0.580. The lowest BCUT2D eigenvalue weighted by Crippen LogP contribution is -2.09. The standard InChI is InChI=1S/C12H18BrNO2/c1-9(14)11-8-10(13)4-5-12(11)16-7-3-6-15-2/h4-5,8-9H,3,6-7,14H2,1-2H3/t9-/m0/s1. The first-order valence-corrected chi connectivity index (χ1v) is 6.11. The Bertz CT molecular complexity index is 329. The van der Waals surface area contributed by atoms with Crippen molar-refractivity contribution < 1.29 is 9.47 Å². The molecule has 0 bridgehead atoms. The van der Waals surface area contributed by atoms with Crippen LogP contribution in [0, 0.1) is 0 Å². The number of methoxy groups -OCH3 is 1. The molecule has 0 unspecified atom stereocenters. The minimum atomic E-state index is -0.0325. The van der Waals surface area contributed by atoms with Crippen molar-refractivity contribution in [2.45, 2.75) is 19.4 Å². The van der Waals surface area contributed by atoms with Crippen molar-refractivity contribution in [3.8, 4) is 5.75 Å². The Labute approximate surface area is 105 Å². The molecule has 0 aliphatic heterocycles. The molecule has 90 valence electrons. The van der Waals surface area contributed by atoms with Gasteiger partial charge in [0.05, 0.1) is 6.61 Å². The first-order valence-electron chi connectivity index (χ1n) is 5.32. The van der Waals surface area contributed by atoms with Crippen LogP contribution in [0.1, 0.15) is 24.9 Å². The average Bonchev–Trinajstić information content (AvgIpc) is 2.26. The summed E-state index contributed by atoms with van der Waals surface area (Å²) in [5.41, 5.74) is 6.91. The number of hydrogen-bond acceptors (Lipinski definition) is 3. The number of rotatable bonds is 6. The molecule has 0 radical (unpaired) electrons. The SMILES string of the molecule is COCCCOc1ccc(Br)cc1[C@H](C)N. The van der Waals surface area contributed by atoms with Gasteiger partial charge in [-0.15, -0.1) is 0 Å². The van der Waals surface area contributed by atoms with Crippen LogP contribution in [0.2, 0.25) is 0 Å². The molecule has 4 heteroatoms. The highest BCUT2D eigenvalue weighted by atomic mass is 79.9. The molecule has 0 amide bonds. The molecule has 0 heterocycles. The summed E-state index contributed by atoms with van der Waals surface area (Å²) in [6, 6.07) is 5.86. The lowest BCUT2D eigenvalue weighted by atomic mass is 10.1. The van der Waals surface area contributed by atoms with Crippen molar-refractivity contribution in [2.75, 3.05) is 20.3 Å². The topological polar surface area (TPSA) is 44.5 Å². The molecule has 2 N–H and O–H groups in total. The van der Waals surface area contributed by atoms with E-state index < -0.39 is 0 Å². The summed E-state index contributed by atoms with van der Waals surface area (Å²) in [6.45, 7) is 3.31. The molecule has 3 nitrogen and oxygen atoms in total. The minimum Gasteiger partial charge on any atom is -0.493 e. The number of hydrogen-bond donors (Lipinski definition) is 1. The van der Waals surface area contributed by atoms with E-state index in [4.69, 9.17) is 15.2 Å². The Morgan fingerprint density at radius 3 is 2.75 bits per heavy atom. The van der Waals surface area contributed by atoms with Crippen LogP contribution in [0.3, 0.4) is 0 Å². The second kappa shape index (κ2) is 6.89. The molecule has 1 aromatic carbocycles. The molecule has 0 saturated heterocycles. The van der Waals surface area contributed by atoms with Gasteiger partial charge in [-0.2, -0.15) is 0 Å². The van der Waals surface area contributed by atoms with Gasteiger partial charge in [0.1, 0.15) is 5.75 Å². The van der Waals surface area contributed by atoms with E-state index in [2.05, 4.69) is 15.9 Å². The fraction of sp³-hybridized carbons (Fsp3) is 0.500. The number of halogens is 1. The first-order chi connectivity index (χ1) is 7.65. The molecule has 16 heavy (non-hydrogen) atoms. The van der Waals surface area contributed by atoms with Gasteiger partial charge >= 0.3 is 0 Å². The second-order valence-electron chi connectivity index (χ2n) is 3.67. The van der Waals surface area contributed by atoms with Crippen LogP contribution in [0.15, 0.2) is 22.7 Å². The van der Waals surface area contributed by atoms with Crippen molar-refractivity contribution in [1.82, 2.24) is 0 Å². The zero-order valence-electron chi connectivity index (χ0n) is 9.70. The number of nitrogens with two attached hydrogens (primary N) is 1. The van der Waals surface area contributed by atoms with Gasteiger partial charge in [-0.05, 0) is 25.1 Å². The molecule has 0 spiro atoms. The Balaban J connectivity index is 2.64. The van der Waals surface area contributed by atoms with Gasteiger partial charge < -0.3 is 15.2 Å². The highest BCUT2D eigenvalue weighted by Crippen LogP contribution is 2.27. The molecule has 1 atom stereocenters. The molecular formula is C12H18BrNO2. The quantitative estimate of drug-likeness (QED) is 0.819. The van der Waals surface area contributed by atoms with Gasteiger partial charge in [0, 0.05) is 36.2 Å². The van der Waals surface area contributed by atoms with E-state index >= 15 is 0 Å². The summed E-state index contributed by atoms with van der Waals surface area (Å²) in [6.07, 6.45) is 0.880. The summed E-state index contributed by atoms with van der Waals surface area (Å²) in [7, 11) is 1.69. The highest BCUT2D eigenvalue weighted by Gasteiger charge is 2.08. The molecule has 0 aliphatic carbocycles. The third-order valence-corrected chi connectivity index (χ3v) is 2.71. The number of ether oxygens (including phenoxy) is 2. The van der Waals surface area contributed by atoms with Gasteiger partial charge in [0.25, 0.3) is 0 Å². The zero-order chi connectivity index (χ0) is 12.0. The normalized spacial score (nSPS) is 12.5. The summed E-state index contributed by atoms with van der Waals surface area (Å²) in [5.74, 6) is 0.856. The van der Waals surface area contributed by atoms with Gasteiger partial charge in [-0.1, -0.05) is 15.9 Å². The van der Waals surface area contributed by atoms with Crippen molar-refractivity contribution in [3.63, 3.8) is 0 Å². The van der Waals surface area contributed by atoms with E-state index in [1.54, 1.807) is 7.11 Å². The van der Waals surface area contributed by atoms with E-state index in [0.29, 0.717) is 13.2 Å². The monoisotopic (exact) mass is 287 g/mol. The molecule has 0 fully saturated rings. The van der Waals surface area contributed by atoms with Crippen LogP contribution in [0.4, 0.5) is 0 Å². The zero-order valence-corrected chi connectivity index (χ0v) is 11.3. The molecular weight excluding hydrogens is 270 g/mol. The highest BCUT2D eigenvalue weighted by molar-refractivity contribution is 9.10. The fourth-order valence-electron chi connectivity index (χ4n) is 1.39. The van der Waals surface area contributed by atoms with E-state index in [-0.39, 0.29) is 6.04 Å². The average molecular weight is 288 g/mol. The largest absolute Gasteiger partial charge is 0.493 e. The van der Waals surface area contributed by atoms with E-state index in [9.17, 15) is 0 Å². The maximum atomic E-state index is 5.89. The molecule has 1 aromatic rings. The van der Waals surface area contributed by atoms with Crippen LogP contribution in [0.25, 0.3) is 0 Å². The van der Waals surface area contributed by atoms with Gasteiger partial charge in [0.15, 0.2) is 0 Å². The van der Waals surface area contributed by atoms with Gasteiger partial charge in [0.2, 0.25) is 0 Å². The van der Waals surface area contributed by atoms with E-state index in [0.717, 1.165) is 22.2 Å². The van der Waals surface area contributed by atoms with Crippen LogP contribution in [0.5, 0.6) is 5.75 Å². The minimum absolute atomic E-state index is 0.0325. The van der Waals surface area contributed by atoms with Crippen molar-refractivity contribution >= 4 is 15.9 Å². The lowest BCUT2D eigenvalue weighted by molar-refractivity contribution is 0.171.